The Morgan fingerprint density at radius 3 is 2.06 bits per heavy atom. The zero-order valence-electron chi connectivity index (χ0n) is 9.88. The molecule has 2 aliphatic rings. The van der Waals surface area contributed by atoms with Crippen molar-refractivity contribution in [2.24, 2.45) is 5.41 Å². The summed E-state index contributed by atoms with van der Waals surface area (Å²) in [5.41, 5.74) is 2.72. The van der Waals surface area contributed by atoms with Gasteiger partial charge in [-0.2, -0.15) is 0 Å². The number of anilines is 2. The molecular formula is C14H18N2. The van der Waals surface area contributed by atoms with Gasteiger partial charge >= 0.3 is 0 Å². The molecule has 1 spiro atoms. The van der Waals surface area contributed by atoms with Crippen molar-refractivity contribution in [3.63, 3.8) is 0 Å². The van der Waals surface area contributed by atoms with E-state index in [1.165, 1.54) is 17.8 Å². The van der Waals surface area contributed by atoms with Crippen molar-refractivity contribution in [1.29, 1.82) is 0 Å². The molecule has 16 heavy (non-hydrogen) atoms. The van der Waals surface area contributed by atoms with Gasteiger partial charge in [0.25, 0.3) is 0 Å². The van der Waals surface area contributed by atoms with Gasteiger partial charge in [0.2, 0.25) is 0 Å². The van der Waals surface area contributed by atoms with Gasteiger partial charge in [-0.1, -0.05) is 32.1 Å². The molecule has 2 heteroatoms. The lowest BCUT2D eigenvalue weighted by Crippen LogP contribution is -2.43. The van der Waals surface area contributed by atoms with Gasteiger partial charge in [0, 0.05) is 0 Å². The highest BCUT2D eigenvalue weighted by Crippen LogP contribution is 2.42. The molecule has 0 aromatic heterocycles. The molecule has 84 valence electrons. The first-order chi connectivity index (χ1) is 7.59. The largest absolute Gasteiger partial charge is 0.358 e. The van der Waals surface area contributed by atoms with Crippen LogP contribution in [0.1, 0.15) is 26.7 Å². The van der Waals surface area contributed by atoms with Crippen molar-refractivity contribution in [2.45, 2.75) is 32.4 Å². The first kappa shape index (κ1) is 9.76. The van der Waals surface area contributed by atoms with E-state index in [0.29, 0.717) is 5.41 Å². The van der Waals surface area contributed by atoms with Crippen molar-refractivity contribution in [1.82, 2.24) is 0 Å². The Bertz CT molecular complexity index is 421. The maximum Gasteiger partial charge on any atom is 0.127 e. The highest BCUT2D eigenvalue weighted by molar-refractivity contribution is 5.77. The average Bonchev–Trinajstić information content (AvgIpc) is 2.62. The quantitative estimate of drug-likeness (QED) is 0.645. The van der Waals surface area contributed by atoms with Gasteiger partial charge in [-0.25, -0.2) is 0 Å². The molecular weight excluding hydrogens is 196 g/mol. The van der Waals surface area contributed by atoms with Crippen LogP contribution in [0, 0.1) is 5.41 Å². The van der Waals surface area contributed by atoms with E-state index in [9.17, 15) is 0 Å². The van der Waals surface area contributed by atoms with Crippen molar-refractivity contribution >= 4 is 11.4 Å². The molecule has 1 aliphatic heterocycles. The molecule has 1 aromatic rings. The molecule has 3 rings (SSSR count). The predicted octanol–water partition coefficient (Wildman–Crippen LogP) is 3.60. The Hall–Kier alpha value is -1.44. The summed E-state index contributed by atoms with van der Waals surface area (Å²) in [6.07, 6.45) is 6.95. The minimum Gasteiger partial charge on any atom is -0.358 e. The molecule has 0 bridgehead atoms. The lowest BCUT2D eigenvalue weighted by Gasteiger charge is -2.36. The number of para-hydroxylation sites is 2. The molecule has 2 nitrogen and oxygen atoms in total. The summed E-state index contributed by atoms with van der Waals surface area (Å²) in [4.78, 5) is 0. The average molecular weight is 214 g/mol. The third kappa shape index (κ3) is 1.49. The van der Waals surface area contributed by atoms with Crippen molar-refractivity contribution in [2.75, 3.05) is 10.6 Å². The fourth-order valence-corrected chi connectivity index (χ4v) is 2.48. The highest BCUT2D eigenvalue weighted by atomic mass is 15.3. The van der Waals surface area contributed by atoms with E-state index in [2.05, 4.69) is 60.9 Å². The van der Waals surface area contributed by atoms with Crippen LogP contribution in [0.3, 0.4) is 0 Å². The van der Waals surface area contributed by atoms with Crippen LogP contribution in [0.2, 0.25) is 0 Å². The summed E-state index contributed by atoms with van der Waals surface area (Å²) in [7, 11) is 0. The van der Waals surface area contributed by atoms with Crippen LogP contribution in [0.5, 0.6) is 0 Å². The summed E-state index contributed by atoms with van der Waals surface area (Å²) in [5.74, 6) is 0. The summed E-state index contributed by atoms with van der Waals surface area (Å²) in [6.45, 7) is 4.58. The Balaban J connectivity index is 1.91. The highest BCUT2D eigenvalue weighted by Gasteiger charge is 2.37. The zero-order valence-corrected chi connectivity index (χ0v) is 9.88. The van der Waals surface area contributed by atoms with E-state index < -0.39 is 0 Å². The number of hydrogen-bond acceptors (Lipinski definition) is 2. The minimum absolute atomic E-state index is 0.0425. The molecule has 1 aromatic carbocycles. The number of rotatable bonds is 0. The second-order valence-corrected chi connectivity index (χ2v) is 5.59. The monoisotopic (exact) mass is 214 g/mol. The van der Waals surface area contributed by atoms with E-state index in [1.807, 2.05) is 0 Å². The Kier molecular flexibility index (Phi) is 1.85. The topological polar surface area (TPSA) is 24.1 Å². The van der Waals surface area contributed by atoms with E-state index in [-0.39, 0.29) is 5.66 Å². The number of fused-ring (bicyclic) bond motifs is 1. The summed E-state index contributed by atoms with van der Waals surface area (Å²) in [6, 6.07) is 8.40. The van der Waals surface area contributed by atoms with E-state index in [1.54, 1.807) is 0 Å². The molecule has 0 unspecified atom stereocenters. The van der Waals surface area contributed by atoms with Crippen LogP contribution in [0.4, 0.5) is 11.4 Å². The molecule has 0 amide bonds. The van der Waals surface area contributed by atoms with Gasteiger partial charge in [0.15, 0.2) is 0 Å². The maximum absolute atomic E-state index is 3.59. The van der Waals surface area contributed by atoms with Gasteiger partial charge in [-0.05, 0) is 36.5 Å². The number of nitrogens with one attached hydrogen (secondary N) is 2. The molecule has 0 saturated carbocycles. The maximum atomic E-state index is 3.59. The Morgan fingerprint density at radius 1 is 0.938 bits per heavy atom. The third-order valence-electron chi connectivity index (χ3n) is 3.63. The molecule has 2 N–H and O–H groups in total. The van der Waals surface area contributed by atoms with Gasteiger partial charge < -0.3 is 10.6 Å². The lowest BCUT2D eigenvalue weighted by molar-refractivity contribution is 0.363. The van der Waals surface area contributed by atoms with Gasteiger partial charge in [0.05, 0.1) is 11.4 Å². The van der Waals surface area contributed by atoms with Crippen LogP contribution in [0.15, 0.2) is 36.4 Å². The van der Waals surface area contributed by atoms with Crippen LogP contribution in [-0.2, 0) is 0 Å². The first-order valence-electron chi connectivity index (χ1n) is 5.95. The predicted molar refractivity (Wildman–Crippen MR) is 68.6 cm³/mol. The van der Waals surface area contributed by atoms with Crippen LogP contribution in [-0.4, -0.2) is 5.66 Å². The molecule has 1 heterocycles. The Labute approximate surface area is 96.7 Å². The molecule has 0 saturated heterocycles. The Morgan fingerprint density at radius 2 is 1.56 bits per heavy atom. The molecule has 0 fully saturated rings. The van der Waals surface area contributed by atoms with E-state index in [4.69, 9.17) is 0 Å². The van der Waals surface area contributed by atoms with Crippen molar-refractivity contribution < 1.29 is 0 Å². The summed E-state index contributed by atoms with van der Waals surface area (Å²) < 4.78 is 0. The number of allylic oxidation sites excluding steroid dienone is 1. The van der Waals surface area contributed by atoms with Gasteiger partial charge in [-0.15, -0.1) is 0 Å². The van der Waals surface area contributed by atoms with Gasteiger partial charge in [0.1, 0.15) is 5.66 Å². The smallest absolute Gasteiger partial charge is 0.127 e. The number of hydrogen-bond donors (Lipinski definition) is 2. The standard InChI is InChI=1S/C14H18N2/c1-13(2)7-9-14(10-8-13)15-11-5-3-4-6-12(11)16-14/h3-7,9,15-16H,8,10H2,1-2H3. The van der Waals surface area contributed by atoms with Crippen LogP contribution in [0.25, 0.3) is 0 Å². The normalized spacial score (nSPS) is 23.6. The van der Waals surface area contributed by atoms with Crippen molar-refractivity contribution in [3.8, 4) is 0 Å². The van der Waals surface area contributed by atoms with Crippen LogP contribution < -0.4 is 10.6 Å². The summed E-state index contributed by atoms with van der Waals surface area (Å²) >= 11 is 0. The van der Waals surface area contributed by atoms with Crippen molar-refractivity contribution in [3.05, 3.63) is 36.4 Å². The van der Waals surface area contributed by atoms with Crippen LogP contribution >= 0.6 is 0 Å². The van der Waals surface area contributed by atoms with E-state index >= 15 is 0 Å². The lowest BCUT2D eigenvalue weighted by atomic mass is 9.79. The SMILES string of the molecule is CC1(C)C=CC2(CC1)Nc1ccccc1N2. The zero-order chi connectivity index (χ0) is 11.2. The molecule has 1 aliphatic carbocycles. The number of benzene rings is 1. The fraction of sp³-hybridized carbons (Fsp3) is 0.429. The van der Waals surface area contributed by atoms with Gasteiger partial charge in [-0.3, -0.25) is 0 Å². The third-order valence-corrected chi connectivity index (χ3v) is 3.63. The summed E-state index contributed by atoms with van der Waals surface area (Å²) in [5, 5.41) is 7.18. The molecule has 0 atom stereocenters. The minimum atomic E-state index is -0.0425. The van der Waals surface area contributed by atoms with E-state index in [0.717, 1.165) is 6.42 Å². The fourth-order valence-electron chi connectivity index (χ4n) is 2.48. The first-order valence-corrected chi connectivity index (χ1v) is 5.95. The second kappa shape index (κ2) is 3.03. The second-order valence-electron chi connectivity index (χ2n) is 5.59. The molecule has 0 radical (unpaired) electrons.